The molecule has 7 nitrogen and oxygen atoms in total. The van der Waals surface area contributed by atoms with Crippen LogP contribution in [0, 0.1) is 6.92 Å². The molecule has 0 aliphatic rings. The van der Waals surface area contributed by atoms with Gasteiger partial charge in [-0.05, 0) is 13.3 Å². The van der Waals surface area contributed by atoms with E-state index in [9.17, 15) is 13.2 Å². The highest BCUT2D eigenvalue weighted by Crippen LogP contribution is 2.15. The lowest BCUT2D eigenvalue weighted by Crippen LogP contribution is -2.35. The number of hydrogen-bond donors (Lipinski definition) is 1. The number of likely N-dealkylation sites (N-methyl/N-ethyl adjacent to an activating group) is 1. The molecule has 0 aliphatic carbocycles. The van der Waals surface area contributed by atoms with Gasteiger partial charge in [0.15, 0.2) is 5.03 Å². The second-order valence-electron chi connectivity index (χ2n) is 4.14. The van der Waals surface area contributed by atoms with Crippen LogP contribution in [0.2, 0.25) is 0 Å². The highest BCUT2D eigenvalue weighted by Gasteiger charge is 2.28. The Labute approximate surface area is 112 Å². The maximum Gasteiger partial charge on any atom is 0.318 e. The maximum atomic E-state index is 12.3. The molecular weight excluding hydrogens is 270 g/mol. The van der Waals surface area contributed by atoms with Crippen LogP contribution < -0.4 is 0 Å². The molecule has 1 aromatic rings. The minimum Gasteiger partial charge on any atom is -0.480 e. The lowest BCUT2D eigenvalue weighted by atomic mass is 10.5. The van der Waals surface area contributed by atoms with E-state index in [2.05, 4.69) is 4.98 Å². The monoisotopic (exact) mass is 289 g/mol. The Bertz CT molecular complexity index is 550. The van der Waals surface area contributed by atoms with Crippen LogP contribution in [0.4, 0.5) is 0 Å². The van der Waals surface area contributed by atoms with Crippen molar-refractivity contribution in [1.29, 1.82) is 0 Å². The average molecular weight is 289 g/mol. The van der Waals surface area contributed by atoms with Gasteiger partial charge in [0.2, 0.25) is 0 Å². The van der Waals surface area contributed by atoms with Gasteiger partial charge < -0.3 is 9.67 Å². The van der Waals surface area contributed by atoms with Gasteiger partial charge in [-0.15, -0.1) is 0 Å². The van der Waals surface area contributed by atoms with Crippen molar-refractivity contribution < 1.29 is 18.3 Å². The zero-order chi connectivity index (χ0) is 14.6. The molecule has 0 aliphatic heterocycles. The third-order valence-electron chi connectivity index (χ3n) is 2.69. The SMILES string of the molecule is CCCn1cc(S(=O)(=O)N(CC)CC(=O)O)nc1C. The zero-order valence-electron chi connectivity index (χ0n) is 11.3. The molecule has 0 atom stereocenters. The summed E-state index contributed by atoms with van der Waals surface area (Å²) in [5.74, 6) is -0.582. The van der Waals surface area contributed by atoms with Gasteiger partial charge >= 0.3 is 5.97 Å². The van der Waals surface area contributed by atoms with Crippen molar-refractivity contribution in [2.75, 3.05) is 13.1 Å². The van der Waals surface area contributed by atoms with Gasteiger partial charge in [-0.1, -0.05) is 13.8 Å². The molecule has 0 radical (unpaired) electrons. The Morgan fingerprint density at radius 3 is 2.58 bits per heavy atom. The second-order valence-corrected chi connectivity index (χ2v) is 6.03. The molecule has 19 heavy (non-hydrogen) atoms. The fourth-order valence-corrected chi connectivity index (χ4v) is 3.11. The highest BCUT2D eigenvalue weighted by atomic mass is 32.2. The molecule has 0 unspecified atom stereocenters. The van der Waals surface area contributed by atoms with E-state index in [4.69, 9.17) is 5.11 Å². The van der Waals surface area contributed by atoms with E-state index in [1.165, 1.54) is 6.20 Å². The molecular formula is C11H19N3O4S. The fourth-order valence-electron chi connectivity index (χ4n) is 1.72. The highest BCUT2D eigenvalue weighted by molar-refractivity contribution is 7.89. The first kappa shape index (κ1) is 15.6. The van der Waals surface area contributed by atoms with E-state index in [1.807, 2.05) is 6.92 Å². The van der Waals surface area contributed by atoms with Gasteiger partial charge in [0.1, 0.15) is 12.4 Å². The summed E-state index contributed by atoms with van der Waals surface area (Å²) in [6.45, 7) is 5.52. The van der Waals surface area contributed by atoms with Crippen molar-refractivity contribution in [3.63, 3.8) is 0 Å². The maximum absolute atomic E-state index is 12.3. The van der Waals surface area contributed by atoms with Crippen LogP contribution in [0.3, 0.4) is 0 Å². The Morgan fingerprint density at radius 2 is 2.11 bits per heavy atom. The third kappa shape index (κ3) is 3.54. The van der Waals surface area contributed by atoms with E-state index >= 15 is 0 Å². The number of carbonyl (C=O) groups is 1. The quantitative estimate of drug-likeness (QED) is 0.797. The van der Waals surface area contributed by atoms with Gasteiger partial charge in [0.05, 0.1) is 0 Å². The first-order chi connectivity index (χ1) is 8.82. The normalized spacial score (nSPS) is 12.0. The molecule has 1 heterocycles. The minimum absolute atomic E-state index is 0.0916. The molecule has 1 aromatic heterocycles. The van der Waals surface area contributed by atoms with Crippen LogP contribution in [0.1, 0.15) is 26.1 Å². The summed E-state index contributed by atoms with van der Waals surface area (Å²) in [5.41, 5.74) is 0. The molecule has 0 fully saturated rings. The van der Waals surface area contributed by atoms with Crippen LogP contribution in [-0.2, 0) is 21.4 Å². The van der Waals surface area contributed by atoms with Crippen molar-refractivity contribution in [3.8, 4) is 0 Å². The molecule has 8 heteroatoms. The van der Waals surface area contributed by atoms with Crippen molar-refractivity contribution in [2.24, 2.45) is 0 Å². The summed E-state index contributed by atoms with van der Waals surface area (Å²) in [6.07, 6.45) is 2.32. The Hall–Kier alpha value is -1.41. The molecule has 0 spiro atoms. The van der Waals surface area contributed by atoms with E-state index in [0.29, 0.717) is 12.4 Å². The summed E-state index contributed by atoms with van der Waals surface area (Å²) in [6, 6.07) is 0. The molecule has 0 aromatic carbocycles. The summed E-state index contributed by atoms with van der Waals surface area (Å²) in [4.78, 5) is 14.7. The number of carboxylic acid groups (broad SMARTS) is 1. The zero-order valence-corrected chi connectivity index (χ0v) is 12.1. The van der Waals surface area contributed by atoms with Crippen molar-refractivity contribution >= 4 is 16.0 Å². The number of nitrogens with zero attached hydrogens (tertiary/aromatic N) is 3. The number of aryl methyl sites for hydroxylation is 2. The summed E-state index contributed by atoms with van der Waals surface area (Å²) >= 11 is 0. The van der Waals surface area contributed by atoms with Crippen LogP contribution in [-0.4, -0.2) is 46.4 Å². The molecule has 1 N–H and O–H groups in total. The molecule has 0 saturated carbocycles. The number of aromatic nitrogens is 2. The number of imidazole rings is 1. The molecule has 0 saturated heterocycles. The number of sulfonamides is 1. The smallest absolute Gasteiger partial charge is 0.318 e. The Kier molecular flexibility index (Phi) is 5.07. The number of carboxylic acids is 1. The van der Waals surface area contributed by atoms with Gasteiger partial charge in [0, 0.05) is 19.3 Å². The van der Waals surface area contributed by atoms with Gasteiger partial charge in [-0.3, -0.25) is 4.79 Å². The molecule has 108 valence electrons. The van der Waals surface area contributed by atoms with Crippen molar-refractivity contribution in [3.05, 3.63) is 12.0 Å². The standard InChI is InChI=1S/C11H19N3O4S/c1-4-6-13-7-10(12-9(13)3)19(17,18)14(5-2)8-11(15)16/h7H,4-6,8H2,1-3H3,(H,15,16). The van der Waals surface area contributed by atoms with Crippen LogP contribution in [0.25, 0.3) is 0 Å². The summed E-state index contributed by atoms with van der Waals surface area (Å²) in [5, 5.41) is 8.64. The number of rotatable bonds is 7. The van der Waals surface area contributed by atoms with Crippen molar-refractivity contribution in [2.45, 2.75) is 38.8 Å². The molecule has 1 rings (SSSR count). The van der Waals surface area contributed by atoms with Gasteiger partial charge in [0.25, 0.3) is 10.0 Å². The van der Waals surface area contributed by atoms with Crippen LogP contribution in [0.15, 0.2) is 11.2 Å². The van der Waals surface area contributed by atoms with Crippen LogP contribution in [0.5, 0.6) is 0 Å². The van der Waals surface area contributed by atoms with E-state index in [-0.39, 0.29) is 11.6 Å². The molecule has 0 amide bonds. The Morgan fingerprint density at radius 1 is 1.47 bits per heavy atom. The van der Waals surface area contributed by atoms with E-state index in [0.717, 1.165) is 10.7 Å². The predicted molar refractivity (Wildman–Crippen MR) is 69.3 cm³/mol. The summed E-state index contributed by atoms with van der Waals surface area (Å²) < 4.78 is 27.2. The Balaban J connectivity index is 3.11. The minimum atomic E-state index is -3.85. The number of hydrogen-bond acceptors (Lipinski definition) is 4. The third-order valence-corrected chi connectivity index (χ3v) is 4.48. The molecule has 0 bridgehead atoms. The lowest BCUT2D eigenvalue weighted by Gasteiger charge is -2.16. The van der Waals surface area contributed by atoms with E-state index < -0.39 is 22.5 Å². The van der Waals surface area contributed by atoms with Gasteiger partial charge in [-0.25, -0.2) is 13.4 Å². The average Bonchev–Trinajstić information content (AvgIpc) is 2.69. The summed E-state index contributed by atoms with van der Waals surface area (Å²) in [7, 11) is -3.85. The predicted octanol–water partition coefficient (Wildman–Crippen LogP) is 0.697. The number of aliphatic carboxylic acids is 1. The fraction of sp³-hybridized carbons (Fsp3) is 0.636. The first-order valence-electron chi connectivity index (χ1n) is 6.08. The first-order valence-corrected chi connectivity index (χ1v) is 7.52. The topological polar surface area (TPSA) is 92.5 Å². The van der Waals surface area contributed by atoms with Crippen molar-refractivity contribution in [1.82, 2.24) is 13.9 Å². The largest absolute Gasteiger partial charge is 0.480 e. The van der Waals surface area contributed by atoms with E-state index in [1.54, 1.807) is 18.4 Å². The second kappa shape index (κ2) is 6.16. The van der Waals surface area contributed by atoms with Crippen LogP contribution >= 0.6 is 0 Å². The van der Waals surface area contributed by atoms with Gasteiger partial charge in [-0.2, -0.15) is 4.31 Å². The lowest BCUT2D eigenvalue weighted by molar-refractivity contribution is -0.137.